The lowest BCUT2D eigenvalue weighted by molar-refractivity contribution is -0.158. The lowest BCUT2D eigenvalue weighted by atomic mass is 10.0. The molecule has 1 aromatic rings. The topological polar surface area (TPSA) is 78.9 Å². The summed E-state index contributed by atoms with van der Waals surface area (Å²) >= 11 is 0. The highest BCUT2D eigenvalue weighted by Gasteiger charge is 2.17. The highest BCUT2D eigenvalue weighted by Crippen LogP contribution is 2.14. The average molecular weight is 390 g/mol. The Bertz CT molecular complexity index is 638. The summed E-state index contributed by atoms with van der Waals surface area (Å²) in [6.45, 7) is 7.61. The molecule has 0 saturated heterocycles. The Labute approximate surface area is 166 Å². The van der Waals surface area contributed by atoms with Gasteiger partial charge in [-0.3, -0.25) is 4.79 Å². The number of ether oxygens (including phenoxy) is 3. The summed E-state index contributed by atoms with van der Waals surface area (Å²) in [5.74, 6) is -1.69. The maximum Gasteiger partial charge on any atom is 0.344 e. The Morgan fingerprint density at radius 3 is 2.36 bits per heavy atom. The summed E-state index contributed by atoms with van der Waals surface area (Å²) in [6.07, 6.45) is 3.87. The van der Waals surface area contributed by atoms with E-state index in [9.17, 15) is 14.4 Å². The summed E-state index contributed by atoms with van der Waals surface area (Å²) < 4.78 is 15.1. The van der Waals surface area contributed by atoms with Crippen LogP contribution in [-0.4, -0.2) is 31.1 Å². The Balaban J connectivity index is 2.25. The summed E-state index contributed by atoms with van der Waals surface area (Å²) in [4.78, 5) is 35.4. The molecule has 0 N–H and O–H groups in total. The zero-order chi connectivity index (χ0) is 20.8. The molecular weight excluding hydrogens is 360 g/mol. The fourth-order valence-electron chi connectivity index (χ4n) is 2.41. The quantitative estimate of drug-likeness (QED) is 0.288. The van der Waals surface area contributed by atoms with Crippen molar-refractivity contribution in [1.82, 2.24) is 0 Å². The number of carbonyl (C=O) groups is 3. The molecule has 1 unspecified atom stereocenters. The summed E-state index contributed by atoms with van der Waals surface area (Å²) in [5.41, 5.74) is 0.779. The van der Waals surface area contributed by atoms with Crippen LogP contribution in [0.3, 0.4) is 0 Å². The van der Waals surface area contributed by atoms with Crippen LogP contribution < -0.4 is 0 Å². The van der Waals surface area contributed by atoms with Crippen LogP contribution >= 0.6 is 0 Å². The van der Waals surface area contributed by atoms with Gasteiger partial charge in [0.2, 0.25) is 0 Å². The number of hydrogen-bond donors (Lipinski definition) is 0. The van der Waals surface area contributed by atoms with E-state index in [0.717, 1.165) is 31.2 Å². The molecular formula is C22H30O6. The molecule has 0 spiro atoms. The Morgan fingerprint density at radius 2 is 1.71 bits per heavy atom. The molecule has 0 radical (unpaired) electrons. The van der Waals surface area contributed by atoms with Crippen molar-refractivity contribution in [2.45, 2.75) is 52.6 Å². The van der Waals surface area contributed by atoms with Gasteiger partial charge in [-0.15, -0.1) is 0 Å². The van der Waals surface area contributed by atoms with Gasteiger partial charge in [0, 0.05) is 5.57 Å². The van der Waals surface area contributed by atoms with E-state index < -0.39 is 24.5 Å². The summed E-state index contributed by atoms with van der Waals surface area (Å²) in [6, 6.07) is 9.16. The van der Waals surface area contributed by atoms with E-state index in [0.29, 0.717) is 12.5 Å². The molecule has 1 rings (SSSR count). The second-order valence-electron chi connectivity index (χ2n) is 6.60. The van der Waals surface area contributed by atoms with Crippen molar-refractivity contribution in [1.29, 1.82) is 0 Å². The first kappa shape index (κ1) is 23.4. The van der Waals surface area contributed by atoms with Gasteiger partial charge >= 0.3 is 17.9 Å². The molecule has 0 aliphatic rings. The molecule has 6 heteroatoms. The van der Waals surface area contributed by atoms with Gasteiger partial charge in [0.15, 0.2) is 6.61 Å². The van der Waals surface area contributed by atoms with E-state index in [1.807, 2.05) is 30.3 Å². The molecule has 0 aromatic heterocycles. The first-order chi connectivity index (χ1) is 13.5. The number of carbonyl (C=O) groups excluding carboxylic acids is 3. The maximum atomic E-state index is 11.9. The van der Waals surface area contributed by atoms with Crippen molar-refractivity contribution in [2.24, 2.45) is 5.92 Å². The molecule has 6 nitrogen and oxygen atoms in total. The highest BCUT2D eigenvalue weighted by molar-refractivity contribution is 5.94. The maximum absolute atomic E-state index is 11.9. The monoisotopic (exact) mass is 390 g/mol. The Hall–Kier alpha value is -2.63. The molecule has 0 amide bonds. The molecule has 0 bridgehead atoms. The highest BCUT2D eigenvalue weighted by atomic mass is 16.6. The number of hydrogen-bond acceptors (Lipinski definition) is 6. The molecule has 0 aliphatic carbocycles. The van der Waals surface area contributed by atoms with Crippen LogP contribution in [0.2, 0.25) is 0 Å². The Morgan fingerprint density at radius 1 is 1.00 bits per heavy atom. The van der Waals surface area contributed by atoms with E-state index in [4.69, 9.17) is 14.2 Å². The van der Waals surface area contributed by atoms with Gasteiger partial charge in [0.1, 0.15) is 6.61 Å². The van der Waals surface area contributed by atoms with Gasteiger partial charge in [-0.05, 0) is 17.9 Å². The molecule has 28 heavy (non-hydrogen) atoms. The largest absolute Gasteiger partial charge is 0.465 e. The van der Waals surface area contributed by atoms with Gasteiger partial charge in [-0.2, -0.15) is 0 Å². The standard InChI is InChI=1S/C22H30O6/c1-4-6-10-18(5-2)14-26-20(23)13-17(3)22(25)28-16-21(24)27-15-19-11-8-7-9-12-19/h7-9,11-12,18H,3-6,10,13-16H2,1-2H3. The minimum absolute atomic E-state index is 0.0533. The minimum Gasteiger partial charge on any atom is -0.465 e. The summed E-state index contributed by atoms with van der Waals surface area (Å²) in [7, 11) is 0. The van der Waals surface area contributed by atoms with Crippen LogP contribution in [0.4, 0.5) is 0 Å². The summed E-state index contributed by atoms with van der Waals surface area (Å²) in [5, 5.41) is 0. The lowest BCUT2D eigenvalue weighted by Gasteiger charge is -2.14. The second-order valence-corrected chi connectivity index (χ2v) is 6.60. The van der Waals surface area contributed by atoms with Crippen LogP contribution in [0, 0.1) is 5.92 Å². The second kappa shape index (κ2) is 13.5. The number of esters is 3. The van der Waals surface area contributed by atoms with Gasteiger partial charge in [0.05, 0.1) is 13.0 Å². The van der Waals surface area contributed by atoms with E-state index in [-0.39, 0.29) is 18.6 Å². The van der Waals surface area contributed by atoms with Crippen molar-refractivity contribution in [3.05, 3.63) is 48.0 Å². The van der Waals surface area contributed by atoms with Crippen molar-refractivity contribution < 1.29 is 28.6 Å². The molecule has 0 fully saturated rings. The van der Waals surface area contributed by atoms with Crippen molar-refractivity contribution in [3.8, 4) is 0 Å². The van der Waals surface area contributed by atoms with Crippen LogP contribution in [0.1, 0.15) is 51.5 Å². The normalized spacial score (nSPS) is 11.4. The fourth-order valence-corrected chi connectivity index (χ4v) is 2.41. The van der Waals surface area contributed by atoms with Gasteiger partial charge < -0.3 is 14.2 Å². The molecule has 0 saturated carbocycles. The number of rotatable bonds is 13. The zero-order valence-corrected chi connectivity index (χ0v) is 16.8. The van der Waals surface area contributed by atoms with E-state index in [2.05, 4.69) is 20.4 Å². The predicted molar refractivity (Wildman–Crippen MR) is 105 cm³/mol. The van der Waals surface area contributed by atoms with Crippen molar-refractivity contribution in [2.75, 3.05) is 13.2 Å². The molecule has 154 valence electrons. The Kier molecular flexibility index (Phi) is 11.3. The lowest BCUT2D eigenvalue weighted by Crippen LogP contribution is -2.20. The van der Waals surface area contributed by atoms with Crippen LogP contribution in [0.25, 0.3) is 0 Å². The SMILES string of the molecule is C=C(CC(=O)OCC(CC)CCCC)C(=O)OCC(=O)OCc1ccccc1. The van der Waals surface area contributed by atoms with Crippen LogP contribution in [-0.2, 0) is 35.2 Å². The van der Waals surface area contributed by atoms with E-state index in [1.54, 1.807) is 0 Å². The van der Waals surface area contributed by atoms with Crippen molar-refractivity contribution in [3.63, 3.8) is 0 Å². The van der Waals surface area contributed by atoms with Gasteiger partial charge in [-0.1, -0.05) is 70.0 Å². The van der Waals surface area contributed by atoms with E-state index in [1.165, 1.54) is 0 Å². The predicted octanol–water partition coefficient (Wildman–Crippen LogP) is 3.98. The van der Waals surface area contributed by atoms with Crippen molar-refractivity contribution >= 4 is 17.9 Å². The number of benzene rings is 1. The number of unbranched alkanes of at least 4 members (excludes halogenated alkanes) is 1. The third-order valence-corrected chi connectivity index (χ3v) is 4.23. The fraction of sp³-hybridized carbons (Fsp3) is 0.500. The van der Waals surface area contributed by atoms with E-state index >= 15 is 0 Å². The third kappa shape index (κ3) is 9.90. The average Bonchev–Trinajstić information content (AvgIpc) is 2.71. The minimum atomic E-state index is -0.813. The van der Waals surface area contributed by atoms with Crippen LogP contribution in [0.15, 0.2) is 42.5 Å². The molecule has 1 aromatic carbocycles. The molecule has 1 atom stereocenters. The first-order valence-corrected chi connectivity index (χ1v) is 9.66. The zero-order valence-electron chi connectivity index (χ0n) is 16.8. The van der Waals surface area contributed by atoms with Gasteiger partial charge in [-0.25, -0.2) is 9.59 Å². The third-order valence-electron chi connectivity index (χ3n) is 4.23. The smallest absolute Gasteiger partial charge is 0.344 e. The molecule has 0 aliphatic heterocycles. The van der Waals surface area contributed by atoms with Gasteiger partial charge in [0.25, 0.3) is 0 Å². The van der Waals surface area contributed by atoms with Crippen LogP contribution in [0.5, 0.6) is 0 Å². The first-order valence-electron chi connectivity index (χ1n) is 9.66. The molecule has 0 heterocycles.